The van der Waals surface area contributed by atoms with Crippen LogP contribution in [-0.4, -0.2) is 13.0 Å². The molecule has 0 bridgehead atoms. The van der Waals surface area contributed by atoms with Crippen LogP contribution in [0.25, 0.3) is 0 Å². The quantitative estimate of drug-likeness (QED) is 0.849. The molecule has 0 aliphatic carbocycles. The van der Waals surface area contributed by atoms with Crippen LogP contribution in [0.2, 0.25) is 0 Å². The number of rotatable bonds is 2. The van der Waals surface area contributed by atoms with E-state index in [1.807, 2.05) is 0 Å². The fraction of sp³-hybridized carbons (Fsp3) is 0.0714. The van der Waals surface area contributed by atoms with Crippen LogP contribution in [0.3, 0.4) is 0 Å². The Morgan fingerprint density at radius 2 is 1.75 bits per heavy atom. The Hall–Kier alpha value is -1.95. The minimum absolute atomic E-state index is 0.0766. The Labute approximate surface area is 123 Å². The zero-order chi connectivity index (χ0) is 14.9. The van der Waals surface area contributed by atoms with E-state index in [0.29, 0.717) is 17.4 Å². The average molecular weight is 341 g/mol. The van der Waals surface area contributed by atoms with Crippen molar-refractivity contribution in [3.8, 4) is 0 Å². The molecule has 3 nitrogen and oxygen atoms in total. The third-order valence-electron chi connectivity index (χ3n) is 2.77. The van der Waals surface area contributed by atoms with Gasteiger partial charge in [-0.1, -0.05) is 15.9 Å². The molecule has 104 valence electrons. The van der Waals surface area contributed by atoms with E-state index in [1.54, 1.807) is 18.2 Å². The predicted octanol–water partition coefficient (Wildman–Crippen LogP) is 3.59. The van der Waals surface area contributed by atoms with Gasteiger partial charge < -0.3 is 10.6 Å². The maximum atomic E-state index is 13.1. The van der Waals surface area contributed by atoms with Gasteiger partial charge in [0.05, 0.1) is 11.4 Å². The van der Waals surface area contributed by atoms with Gasteiger partial charge in [0.2, 0.25) is 0 Å². The highest BCUT2D eigenvalue weighted by Gasteiger charge is 2.17. The molecule has 2 rings (SSSR count). The number of nitrogens with two attached hydrogens (primary N) is 1. The fourth-order valence-corrected chi connectivity index (χ4v) is 2.19. The molecule has 0 aliphatic heterocycles. The van der Waals surface area contributed by atoms with Crippen LogP contribution in [-0.2, 0) is 0 Å². The molecule has 0 spiro atoms. The Morgan fingerprint density at radius 3 is 2.30 bits per heavy atom. The molecule has 0 aromatic heterocycles. The van der Waals surface area contributed by atoms with E-state index < -0.39 is 17.5 Å². The Kier molecular flexibility index (Phi) is 4.04. The second-order valence-electron chi connectivity index (χ2n) is 4.23. The van der Waals surface area contributed by atoms with Gasteiger partial charge in [-0.3, -0.25) is 4.79 Å². The normalized spacial score (nSPS) is 10.4. The Balaban J connectivity index is 2.37. The third kappa shape index (κ3) is 2.96. The summed E-state index contributed by atoms with van der Waals surface area (Å²) in [4.78, 5) is 13.5. The lowest BCUT2D eigenvalue weighted by Crippen LogP contribution is -2.27. The zero-order valence-corrected chi connectivity index (χ0v) is 12.1. The first kappa shape index (κ1) is 14.5. The van der Waals surface area contributed by atoms with Crippen LogP contribution in [0.4, 0.5) is 20.2 Å². The molecule has 0 radical (unpaired) electrons. The van der Waals surface area contributed by atoms with E-state index in [9.17, 15) is 13.6 Å². The van der Waals surface area contributed by atoms with Crippen molar-refractivity contribution >= 4 is 33.2 Å². The van der Waals surface area contributed by atoms with E-state index in [0.717, 1.165) is 16.6 Å². The number of hydrogen-bond donors (Lipinski definition) is 1. The number of carbonyl (C=O) groups excluding carboxylic acids is 1. The molecular weight excluding hydrogens is 330 g/mol. The number of amides is 1. The molecule has 0 saturated heterocycles. The Bertz CT molecular complexity index is 656. The van der Waals surface area contributed by atoms with Crippen molar-refractivity contribution in [3.05, 3.63) is 58.1 Å². The zero-order valence-electron chi connectivity index (χ0n) is 10.5. The number of nitrogen functional groups attached to an aromatic ring is 1. The molecule has 0 atom stereocenters. The summed E-state index contributed by atoms with van der Waals surface area (Å²) in [5.74, 6) is -2.14. The highest BCUT2D eigenvalue weighted by atomic mass is 79.9. The van der Waals surface area contributed by atoms with Crippen LogP contribution >= 0.6 is 15.9 Å². The van der Waals surface area contributed by atoms with Gasteiger partial charge in [-0.25, -0.2) is 8.78 Å². The largest absolute Gasteiger partial charge is 0.397 e. The molecule has 6 heteroatoms. The summed E-state index contributed by atoms with van der Waals surface area (Å²) in [6.45, 7) is 0. The molecule has 0 aliphatic rings. The molecule has 0 unspecified atom stereocenters. The van der Waals surface area contributed by atoms with Crippen molar-refractivity contribution in [1.29, 1.82) is 0 Å². The van der Waals surface area contributed by atoms with Crippen LogP contribution in [0, 0.1) is 11.6 Å². The number of anilines is 2. The molecule has 0 fully saturated rings. The predicted molar refractivity (Wildman–Crippen MR) is 77.6 cm³/mol. The van der Waals surface area contributed by atoms with Gasteiger partial charge in [0.1, 0.15) is 11.6 Å². The van der Waals surface area contributed by atoms with Gasteiger partial charge in [-0.2, -0.15) is 0 Å². The van der Waals surface area contributed by atoms with E-state index in [1.165, 1.54) is 11.9 Å². The fourth-order valence-electron chi connectivity index (χ4n) is 1.81. The van der Waals surface area contributed by atoms with Gasteiger partial charge >= 0.3 is 0 Å². The number of hydrogen-bond acceptors (Lipinski definition) is 2. The summed E-state index contributed by atoms with van der Waals surface area (Å²) in [5.41, 5.74) is 6.59. The second kappa shape index (κ2) is 5.58. The minimum atomic E-state index is -0.800. The van der Waals surface area contributed by atoms with Gasteiger partial charge in [-0.05, 0) is 30.3 Å². The highest BCUT2D eigenvalue weighted by molar-refractivity contribution is 9.10. The number of benzene rings is 2. The molecule has 0 heterocycles. The first-order chi connectivity index (χ1) is 9.38. The van der Waals surface area contributed by atoms with E-state index in [2.05, 4.69) is 15.9 Å². The molecule has 20 heavy (non-hydrogen) atoms. The molecule has 2 aromatic carbocycles. The van der Waals surface area contributed by atoms with E-state index in [4.69, 9.17) is 5.73 Å². The second-order valence-corrected chi connectivity index (χ2v) is 5.14. The van der Waals surface area contributed by atoms with E-state index in [-0.39, 0.29) is 5.56 Å². The first-order valence-corrected chi connectivity index (χ1v) is 6.47. The number of nitrogens with zero attached hydrogens (tertiary/aromatic N) is 1. The van der Waals surface area contributed by atoms with Crippen molar-refractivity contribution < 1.29 is 13.6 Å². The van der Waals surface area contributed by atoms with Gasteiger partial charge in [0.15, 0.2) is 0 Å². The smallest absolute Gasteiger partial charge is 0.258 e. The lowest BCUT2D eigenvalue weighted by Gasteiger charge is -2.19. The topological polar surface area (TPSA) is 46.3 Å². The number of halogens is 3. The van der Waals surface area contributed by atoms with Crippen molar-refractivity contribution in [2.24, 2.45) is 0 Å². The lowest BCUT2D eigenvalue weighted by atomic mass is 10.1. The highest BCUT2D eigenvalue weighted by Crippen LogP contribution is 2.27. The monoisotopic (exact) mass is 340 g/mol. The summed E-state index contributed by atoms with van der Waals surface area (Å²) in [6, 6.07) is 7.69. The van der Waals surface area contributed by atoms with Crippen molar-refractivity contribution in [2.45, 2.75) is 0 Å². The SMILES string of the molecule is CN(C(=O)c1cc(F)cc(F)c1)c1ccc(Br)cc1N. The van der Waals surface area contributed by atoms with Gasteiger partial charge in [0.25, 0.3) is 5.91 Å². The number of carbonyl (C=O) groups is 1. The summed E-state index contributed by atoms with van der Waals surface area (Å²) in [6.07, 6.45) is 0. The molecule has 1 amide bonds. The van der Waals surface area contributed by atoms with Crippen molar-refractivity contribution in [1.82, 2.24) is 0 Å². The Morgan fingerprint density at radius 1 is 1.15 bits per heavy atom. The minimum Gasteiger partial charge on any atom is -0.397 e. The summed E-state index contributed by atoms with van der Waals surface area (Å²) >= 11 is 3.26. The van der Waals surface area contributed by atoms with Crippen LogP contribution in [0.5, 0.6) is 0 Å². The average Bonchev–Trinajstić information content (AvgIpc) is 2.36. The molecule has 2 N–H and O–H groups in total. The van der Waals surface area contributed by atoms with Gasteiger partial charge in [0, 0.05) is 23.2 Å². The molecule has 2 aromatic rings. The summed E-state index contributed by atoms with van der Waals surface area (Å²) in [5, 5.41) is 0. The summed E-state index contributed by atoms with van der Waals surface area (Å²) in [7, 11) is 1.49. The standard InChI is InChI=1S/C14H11BrF2N2O/c1-19(13-3-2-9(15)6-12(13)18)14(20)8-4-10(16)7-11(17)5-8/h2-7H,18H2,1H3. The first-order valence-electron chi connectivity index (χ1n) is 5.67. The van der Waals surface area contributed by atoms with Crippen molar-refractivity contribution in [2.75, 3.05) is 17.7 Å². The maximum absolute atomic E-state index is 13.1. The summed E-state index contributed by atoms with van der Waals surface area (Å²) < 4.78 is 27.1. The third-order valence-corrected chi connectivity index (χ3v) is 3.26. The van der Waals surface area contributed by atoms with Gasteiger partial charge in [-0.15, -0.1) is 0 Å². The van der Waals surface area contributed by atoms with Crippen LogP contribution in [0.1, 0.15) is 10.4 Å². The van der Waals surface area contributed by atoms with E-state index >= 15 is 0 Å². The van der Waals surface area contributed by atoms with Crippen LogP contribution < -0.4 is 10.6 Å². The molecule has 0 saturated carbocycles. The van der Waals surface area contributed by atoms with Crippen molar-refractivity contribution in [3.63, 3.8) is 0 Å². The molecular formula is C14H11BrF2N2O. The van der Waals surface area contributed by atoms with Crippen LogP contribution in [0.15, 0.2) is 40.9 Å². The lowest BCUT2D eigenvalue weighted by molar-refractivity contribution is 0.0992. The maximum Gasteiger partial charge on any atom is 0.258 e.